The van der Waals surface area contributed by atoms with Crippen molar-refractivity contribution >= 4 is 28.5 Å². The van der Waals surface area contributed by atoms with Gasteiger partial charge < -0.3 is 32.4 Å². The van der Waals surface area contributed by atoms with Crippen LogP contribution in [-0.4, -0.2) is 55.3 Å². The number of hydrogen-bond donors (Lipinski definition) is 3. The fourth-order valence-corrected chi connectivity index (χ4v) is 4.63. The van der Waals surface area contributed by atoms with E-state index in [0.717, 1.165) is 34.2 Å². The zero-order chi connectivity index (χ0) is 20.0. The number of aliphatic hydroxyl groups excluding tert-OH is 2. The van der Waals surface area contributed by atoms with Gasteiger partial charge in [0.2, 0.25) is 0 Å². The highest BCUT2D eigenvalue weighted by Crippen LogP contribution is 2.40. The molecule has 5 rings (SSSR count). The van der Waals surface area contributed by atoms with Gasteiger partial charge in [-0.05, 0) is 24.3 Å². The molecule has 156 valence electrons. The minimum Gasteiger partial charge on any atom is -1.00 e. The SMILES string of the molecule is C[NH+]1c2ccccc2N(CCO)C2=CC3=Nc4ccccc4N(CCO)C3=CC21.[Cl-]. The molecule has 30 heavy (non-hydrogen) atoms. The first kappa shape index (κ1) is 20.6. The highest BCUT2D eigenvalue weighted by Gasteiger charge is 2.40. The average molecular weight is 425 g/mol. The van der Waals surface area contributed by atoms with Gasteiger partial charge in [0.15, 0.2) is 11.7 Å². The first-order valence-electron chi connectivity index (χ1n) is 10.0. The smallest absolute Gasteiger partial charge is 0.155 e. The minimum absolute atomic E-state index is 0. The molecule has 0 saturated carbocycles. The fourth-order valence-electron chi connectivity index (χ4n) is 4.63. The summed E-state index contributed by atoms with van der Waals surface area (Å²) in [5, 5.41) is 19.4. The Hall–Kier alpha value is -2.64. The molecule has 0 bridgehead atoms. The number of likely N-dealkylation sites (N-methyl/N-ethyl adjacent to an activating group) is 1. The summed E-state index contributed by atoms with van der Waals surface area (Å²) in [6.45, 7) is 1.22. The van der Waals surface area contributed by atoms with Gasteiger partial charge in [-0.3, -0.25) is 4.90 Å². The number of fused-ring (bicyclic) bond motifs is 4. The van der Waals surface area contributed by atoms with Gasteiger partial charge in [0.05, 0.1) is 48.7 Å². The quantitative estimate of drug-likeness (QED) is 0.552. The van der Waals surface area contributed by atoms with Crippen LogP contribution in [0.2, 0.25) is 0 Å². The van der Waals surface area contributed by atoms with Gasteiger partial charge in [-0.2, -0.15) is 0 Å². The number of nitrogens with zero attached hydrogens (tertiary/aromatic N) is 3. The molecule has 2 heterocycles. The summed E-state index contributed by atoms with van der Waals surface area (Å²) in [6.07, 6.45) is 4.41. The molecule has 2 unspecified atom stereocenters. The van der Waals surface area contributed by atoms with Gasteiger partial charge in [-0.15, -0.1) is 0 Å². The second-order valence-corrected chi connectivity index (χ2v) is 7.54. The molecule has 6 nitrogen and oxygen atoms in total. The molecular weight excluding hydrogens is 400 g/mol. The van der Waals surface area contributed by atoms with E-state index in [0.29, 0.717) is 13.1 Å². The lowest BCUT2D eigenvalue weighted by atomic mass is 9.93. The molecule has 3 aliphatic rings. The molecule has 7 heteroatoms. The van der Waals surface area contributed by atoms with Crippen molar-refractivity contribution < 1.29 is 27.5 Å². The van der Waals surface area contributed by atoms with Gasteiger partial charge in [-0.1, -0.05) is 24.3 Å². The van der Waals surface area contributed by atoms with E-state index in [1.807, 2.05) is 24.3 Å². The van der Waals surface area contributed by atoms with E-state index in [4.69, 9.17) is 4.99 Å². The standard InChI is InChI=1S/C23H24N4O2.ClH/c1-25-19-8-4-5-9-20(19)27(11-13-29)23-14-17-21(15-22(23)25)26(10-12-28)18-7-3-2-6-16(18)24-17;/h2-9,14-15,22,28-29H,10-13H2,1H3;1H. The Morgan fingerprint density at radius 2 is 1.60 bits per heavy atom. The van der Waals surface area contributed by atoms with Crippen molar-refractivity contribution in [2.24, 2.45) is 4.99 Å². The number of hydrogen-bond acceptors (Lipinski definition) is 5. The lowest BCUT2D eigenvalue weighted by Gasteiger charge is -2.43. The zero-order valence-corrected chi connectivity index (χ0v) is 17.5. The van der Waals surface area contributed by atoms with Gasteiger partial charge in [0.1, 0.15) is 5.69 Å². The summed E-state index contributed by atoms with van der Waals surface area (Å²) in [7, 11) is 2.18. The number of allylic oxidation sites excluding steroid dienone is 1. The van der Waals surface area contributed by atoms with Crippen LogP contribution in [0.3, 0.4) is 0 Å². The van der Waals surface area contributed by atoms with Gasteiger partial charge >= 0.3 is 0 Å². The molecule has 0 spiro atoms. The van der Waals surface area contributed by atoms with Gasteiger partial charge in [0, 0.05) is 25.2 Å². The van der Waals surface area contributed by atoms with E-state index < -0.39 is 0 Å². The van der Waals surface area contributed by atoms with E-state index >= 15 is 0 Å². The number of benzene rings is 2. The Morgan fingerprint density at radius 1 is 0.933 bits per heavy atom. The van der Waals surface area contributed by atoms with Crippen LogP contribution in [0.15, 0.2) is 77.1 Å². The van der Waals surface area contributed by atoms with Crippen molar-refractivity contribution in [2.45, 2.75) is 6.04 Å². The first-order chi connectivity index (χ1) is 14.2. The van der Waals surface area contributed by atoms with E-state index in [9.17, 15) is 10.2 Å². The number of nitrogens with one attached hydrogen (secondary N) is 1. The Labute approximate surface area is 182 Å². The maximum atomic E-state index is 9.72. The van der Waals surface area contributed by atoms with Crippen LogP contribution in [0.4, 0.5) is 22.7 Å². The van der Waals surface area contributed by atoms with Gasteiger partial charge in [0.25, 0.3) is 0 Å². The number of quaternary nitrogens is 1. The number of para-hydroxylation sites is 4. The second kappa shape index (κ2) is 8.24. The summed E-state index contributed by atoms with van der Waals surface area (Å²) < 4.78 is 0. The summed E-state index contributed by atoms with van der Waals surface area (Å²) >= 11 is 0. The summed E-state index contributed by atoms with van der Waals surface area (Å²) in [5.41, 5.74) is 7.35. The number of aliphatic hydroxyl groups is 2. The number of anilines is 2. The fraction of sp³-hybridized carbons (Fsp3) is 0.261. The normalized spacial score (nSPS) is 21.2. The third-order valence-electron chi connectivity index (χ3n) is 5.94. The molecule has 0 amide bonds. The van der Waals surface area contributed by atoms with E-state index in [1.54, 1.807) is 0 Å². The molecule has 2 atom stereocenters. The molecule has 2 aromatic carbocycles. The topological polar surface area (TPSA) is 63.7 Å². The van der Waals surface area contributed by atoms with E-state index in [1.165, 1.54) is 10.6 Å². The average Bonchev–Trinajstić information content (AvgIpc) is 2.76. The maximum Gasteiger partial charge on any atom is 0.155 e. The van der Waals surface area contributed by atoms with Crippen LogP contribution in [0.1, 0.15) is 0 Å². The van der Waals surface area contributed by atoms with Crippen LogP contribution >= 0.6 is 0 Å². The third kappa shape index (κ3) is 3.13. The van der Waals surface area contributed by atoms with Crippen molar-refractivity contribution in [3.05, 3.63) is 72.1 Å². The zero-order valence-electron chi connectivity index (χ0n) is 16.8. The highest BCUT2D eigenvalue weighted by atomic mass is 35.5. The number of β-amino-alcohol motifs (C(OH)–C–C–N with tert-alkyl or cyclic N) is 2. The number of halogens is 1. The molecule has 2 aliphatic heterocycles. The van der Waals surface area contributed by atoms with Crippen LogP contribution in [0.5, 0.6) is 0 Å². The largest absolute Gasteiger partial charge is 1.00 e. The summed E-state index contributed by atoms with van der Waals surface area (Å²) in [5.74, 6) is 0. The predicted octanol–water partition coefficient (Wildman–Crippen LogP) is -1.62. The molecule has 0 aromatic heterocycles. The van der Waals surface area contributed by atoms with Crippen LogP contribution < -0.4 is 27.1 Å². The van der Waals surface area contributed by atoms with Crippen molar-refractivity contribution in [3.63, 3.8) is 0 Å². The predicted molar refractivity (Wildman–Crippen MR) is 115 cm³/mol. The van der Waals surface area contributed by atoms with Crippen LogP contribution in [0, 0.1) is 0 Å². The molecule has 1 aliphatic carbocycles. The lowest BCUT2D eigenvalue weighted by molar-refractivity contribution is -0.826. The first-order valence-corrected chi connectivity index (χ1v) is 10.0. The molecule has 0 saturated heterocycles. The maximum absolute atomic E-state index is 9.72. The third-order valence-corrected chi connectivity index (χ3v) is 5.94. The molecular formula is C23H25ClN4O2. The van der Waals surface area contributed by atoms with Crippen molar-refractivity contribution in [2.75, 3.05) is 43.2 Å². The molecule has 0 radical (unpaired) electrons. The van der Waals surface area contributed by atoms with Crippen molar-refractivity contribution in [3.8, 4) is 0 Å². The summed E-state index contributed by atoms with van der Waals surface area (Å²) in [6, 6.07) is 16.5. The number of rotatable bonds is 4. The minimum atomic E-state index is 0. The van der Waals surface area contributed by atoms with Gasteiger partial charge in [-0.25, -0.2) is 4.99 Å². The Kier molecular flexibility index (Phi) is 5.66. The summed E-state index contributed by atoms with van der Waals surface area (Å²) in [4.78, 5) is 10.6. The molecule has 0 fully saturated rings. The van der Waals surface area contributed by atoms with Crippen LogP contribution in [-0.2, 0) is 0 Å². The van der Waals surface area contributed by atoms with E-state index in [-0.39, 0.29) is 31.7 Å². The monoisotopic (exact) mass is 424 g/mol. The Morgan fingerprint density at radius 3 is 2.37 bits per heavy atom. The van der Waals surface area contributed by atoms with E-state index in [2.05, 4.69) is 53.3 Å². The van der Waals surface area contributed by atoms with Crippen molar-refractivity contribution in [1.82, 2.24) is 0 Å². The Bertz CT molecular complexity index is 1050. The van der Waals surface area contributed by atoms with Crippen molar-refractivity contribution in [1.29, 1.82) is 0 Å². The molecule has 2 aromatic rings. The number of aliphatic imine (C=N–C) groups is 1. The Balaban J connectivity index is 0.00000218. The second-order valence-electron chi connectivity index (χ2n) is 7.54. The highest BCUT2D eigenvalue weighted by molar-refractivity contribution is 6.16. The lowest BCUT2D eigenvalue weighted by Crippen LogP contribution is -3.09. The van der Waals surface area contributed by atoms with Crippen LogP contribution in [0.25, 0.3) is 0 Å². The molecule has 3 N–H and O–H groups in total.